The van der Waals surface area contributed by atoms with Crippen LogP contribution in [0.5, 0.6) is 0 Å². The smallest absolute Gasteiger partial charge is 0.335 e. The second-order valence-electron chi connectivity index (χ2n) is 11.4. The summed E-state index contributed by atoms with van der Waals surface area (Å²) >= 11 is 0. The molecule has 8 heteroatoms. The van der Waals surface area contributed by atoms with E-state index in [9.17, 15) is 14.7 Å². The van der Waals surface area contributed by atoms with Crippen LogP contribution < -0.4 is 0 Å². The average molecular weight is 605 g/mol. The lowest BCUT2D eigenvalue weighted by Gasteiger charge is -2.43. The number of piperidine rings is 1. The number of carbonyl (C=O) groups is 2. The maximum absolute atomic E-state index is 11.7. The number of fused-ring (bicyclic) bond motifs is 1. The summed E-state index contributed by atoms with van der Waals surface area (Å²) in [5.74, 6) is -1.18. The molecule has 5 rings (SSSR count). The summed E-state index contributed by atoms with van der Waals surface area (Å²) in [6.07, 6.45) is 8.08. The minimum Gasteiger partial charge on any atom is -0.478 e. The van der Waals surface area contributed by atoms with E-state index in [1.807, 2.05) is 0 Å². The lowest BCUT2D eigenvalue weighted by atomic mass is 9.71. The fourth-order valence-corrected chi connectivity index (χ4v) is 6.11. The number of carboxylic acids is 2. The Hall–Kier alpha value is -2.64. The highest BCUT2D eigenvalue weighted by molar-refractivity contribution is 5.94. The van der Waals surface area contributed by atoms with Crippen molar-refractivity contribution in [1.82, 2.24) is 4.90 Å². The van der Waals surface area contributed by atoms with Crippen LogP contribution in [0.4, 0.5) is 0 Å². The molecule has 0 radical (unpaired) electrons. The number of aromatic carboxylic acids is 2. The molecule has 1 heterocycles. The van der Waals surface area contributed by atoms with E-state index < -0.39 is 17.5 Å². The van der Waals surface area contributed by atoms with Gasteiger partial charge in [-0.2, -0.15) is 0 Å². The molecule has 0 bridgehead atoms. The number of aryl methyl sites for hydroxylation is 1. The summed E-state index contributed by atoms with van der Waals surface area (Å²) in [6.45, 7) is 7.34. The maximum atomic E-state index is 11.7. The van der Waals surface area contributed by atoms with Crippen molar-refractivity contribution in [3.63, 3.8) is 0 Å². The first-order valence-corrected chi connectivity index (χ1v) is 14.2. The van der Waals surface area contributed by atoms with Gasteiger partial charge in [0, 0.05) is 12.5 Å². The number of aliphatic hydroxyl groups is 1. The first kappa shape index (κ1) is 34.6. The van der Waals surface area contributed by atoms with Gasteiger partial charge in [-0.1, -0.05) is 74.7 Å². The molecular formula is C33H43Cl2NO5. The minimum atomic E-state index is -1.12. The van der Waals surface area contributed by atoms with E-state index in [1.54, 1.807) is 6.92 Å². The molecule has 2 aliphatic rings. The molecule has 3 N–H and O–H groups in total. The predicted molar refractivity (Wildman–Crippen MR) is 169 cm³/mol. The predicted octanol–water partition coefficient (Wildman–Crippen LogP) is 7.59. The van der Waals surface area contributed by atoms with Gasteiger partial charge in [0.1, 0.15) is 0 Å². The third-order valence-corrected chi connectivity index (χ3v) is 8.60. The van der Waals surface area contributed by atoms with E-state index in [1.165, 1.54) is 60.8 Å². The van der Waals surface area contributed by atoms with Crippen LogP contribution in [0.2, 0.25) is 0 Å². The summed E-state index contributed by atoms with van der Waals surface area (Å²) in [5.41, 5.74) is 1.37. The molecule has 1 aliphatic carbocycles. The fourth-order valence-electron chi connectivity index (χ4n) is 6.11. The van der Waals surface area contributed by atoms with E-state index in [0.717, 1.165) is 44.2 Å². The molecule has 3 aromatic carbocycles. The van der Waals surface area contributed by atoms with Crippen LogP contribution in [-0.2, 0) is 0 Å². The topological polar surface area (TPSA) is 98.1 Å². The summed E-state index contributed by atoms with van der Waals surface area (Å²) in [5, 5.41) is 31.6. The van der Waals surface area contributed by atoms with Crippen LogP contribution in [-0.4, -0.2) is 57.4 Å². The van der Waals surface area contributed by atoms with E-state index in [0.29, 0.717) is 5.56 Å². The maximum Gasteiger partial charge on any atom is 0.335 e. The van der Waals surface area contributed by atoms with Crippen LogP contribution in [0.15, 0.2) is 60.7 Å². The average Bonchev–Trinajstić information content (AvgIpc) is 2.93. The van der Waals surface area contributed by atoms with Crippen molar-refractivity contribution in [2.24, 2.45) is 5.92 Å². The quantitative estimate of drug-likeness (QED) is 0.268. The fraction of sp³-hybridized carbons (Fsp3) is 0.455. The standard InChI is InChI=1S/C24H33NO.C9H8O4.2ClH/c1-19-12-16-25(17-13-19)18-23(24(26)14-5-2-6-15-24)22-11-7-9-20-8-3-4-10-21(20)22;1-5-2-3-6(8(10)11)4-7(5)9(12)13;;/h3-4,7-11,19,23,26H,2,5-6,12-18H2,1H3;2-4H,1H3,(H,10,11)(H,12,13);2*1H. The van der Waals surface area contributed by atoms with Gasteiger partial charge in [-0.3, -0.25) is 0 Å². The number of hydrogen-bond donors (Lipinski definition) is 3. The zero-order valence-corrected chi connectivity index (χ0v) is 25.6. The first-order valence-electron chi connectivity index (χ1n) is 14.2. The Kier molecular flexibility index (Phi) is 13.1. The Balaban J connectivity index is 0.000000336. The normalized spacial score (nSPS) is 17.7. The molecule has 1 saturated carbocycles. The number of hydrogen-bond acceptors (Lipinski definition) is 4. The Bertz CT molecular complexity index is 1290. The van der Waals surface area contributed by atoms with Gasteiger partial charge in [-0.05, 0) is 85.6 Å². The lowest BCUT2D eigenvalue weighted by molar-refractivity contribution is -0.0326. The van der Waals surface area contributed by atoms with E-state index in [-0.39, 0.29) is 41.9 Å². The Morgan fingerprint density at radius 2 is 1.54 bits per heavy atom. The number of halogens is 2. The molecule has 1 aliphatic heterocycles. The largest absolute Gasteiger partial charge is 0.478 e. The SMILES string of the molecule is CC1CCN(CC(c2cccc3ccccc23)C2(O)CCCCC2)CC1.Cc1ccc(C(=O)O)cc1C(=O)O.Cl.Cl. The summed E-state index contributed by atoms with van der Waals surface area (Å²) < 4.78 is 0. The number of nitrogens with zero attached hydrogens (tertiary/aromatic N) is 1. The highest BCUT2D eigenvalue weighted by Gasteiger charge is 2.40. The van der Waals surface area contributed by atoms with Gasteiger partial charge in [0.25, 0.3) is 0 Å². The number of benzene rings is 3. The van der Waals surface area contributed by atoms with Crippen molar-refractivity contribution >= 4 is 47.5 Å². The van der Waals surface area contributed by atoms with Crippen molar-refractivity contribution in [2.75, 3.05) is 19.6 Å². The minimum absolute atomic E-state index is 0. The molecule has 6 nitrogen and oxygen atoms in total. The van der Waals surface area contributed by atoms with Crippen molar-refractivity contribution in [3.8, 4) is 0 Å². The highest BCUT2D eigenvalue weighted by Crippen LogP contribution is 2.42. The Morgan fingerprint density at radius 3 is 2.17 bits per heavy atom. The number of carboxylic acid groups (broad SMARTS) is 2. The molecular weight excluding hydrogens is 561 g/mol. The molecule has 2 fully saturated rings. The van der Waals surface area contributed by atoms with Gasteiger partial charge in [-0.25, -0.2) is 9.59 Å². The third-order valence-electron chi connectivity index (χ3n) is 8.60. The zero-order valence-electron chi connectivity index (χ0n) is 23.9. The molecule has 0 spiro atoms. The van der Waals surface area contributed by atoms with Gasteiger partial charge in [0.2, 0.25) is 0 Å². The van der Waals surface area contributed by atoms with E-state index in [2.05, 4.69) is 54.3 Å². The summed E-state index contributed by atoms with van der Waals surface area (Å²) in [4.78, 5) is 23.7. The Morgan fingerprint density at radius 1 is 0.902 bits per heavy atom. The number of rotatable bonds is 6. The van der Waals surface area contributed by atoms with Crippen molar-refractivity contribution < 1.29 is 24.9 Å². The Labute approximate surface area is 255 Å². The molecule has 1 unspecified atom stereocenters. The third kappa shape index (κ3) is 8.68. The van der Waals surface area contributed by atoms with Crippen LogP contribution in [0.25, 0.3) is 10.8 Å². The lowest BCUT2D eigenvalue weighted by Crippen LogP contribution is -2.46. The zero-order chi connectivity index (χ0) is 28.0. The van der Waals surface area contributed by atoms with Gasteiger partial charge in [0.15, 0.2) is 0 Å². The monoisotopic (exact) mass is 603 g/mol. The molecule has 1 atom stereocenters. The second kappa shape index (κ2) is 15.5. The van der Waals surface area contributed by atoms with Crippen molar-refractivity contribution in [1.29, 1.82) is 0 Å². The van der Waals surface area contributed by atoms with Crippen molar-refractivity contribution in [3.05, 3.63) is 82.9 Å². The van der Waals surface area contributed by atoms with Gasteiger partial charge in [0.05, 0.1) is 16.7 Å². The molecule has 0 amide bonds. The van der Waals surface area contributed by atoms with Crippen LogP contribution in [0, 0.1) is 12.8 Å². The molecule has 1 saturated heterocycles. The highest BCUT2D eigenvalue weighted by atomic mass is 35.5. The number of likely N-dealkylation sites (tertiary alicyclic amines) is 1. The second-order valence-corrected chi connectivity index (χ2v) is 11.4. The molecule has 224 valence electrons. The molecule has 41 heavy (non-hydrogen) atoms. The first-order chi connectivity index (χ1) is 18.7. The molecule has 0 aromatic heterocycles. The van der Waals surface area contributed by atoms with Crippen LogP contribution in [0.3, 0.4) is 0 Å². The van der Waals surface area contributed by atoms with Crippen LogP contribution in [0.1, 0.15) is 89.6 Å². The van der Waals surface area contributed by atoms with Crippen molar-refractivity contribution in [2.45, 2.75) is 70.3 Å². The van der Waals surface area contributed by atoms with Gasteiger partial charge in [-0.15, -0.1) is 24.8 Å². The molecule has 3 aromatic rings. The van der Waals surface area contributed by atoms with E-state index in [4.69, 9.17) is 10.2 Å². The summed E-state index contributed by atoms with van der Waals surface area (Å²) in [7, 11) is 0. The van der Waals surface area contributed by atoms with E-state index >= 15 is 0 Å². The van der Waals surface area contributed by atoms with Gasteiger partial charge >= 0.3 is 11.9 Å². The van der Waals surface area contributed by atoms with Crippen LogP contribution >= 0.6 is 24.8 Å². The van der Waals surface area contributed by atoms with Gasteiger partial charge < -0.3 is 20.2 Å². The summed E-state index contributed by atoms with van der Waals surface area (Å²) in [6, 6.07) is 19.3.